The maximum absolute atomic E-state index is 13.0. The van der Waals surface area contributed by atoms with Crippen molar-refractivity contribution in [3.8, 4) is 0 Å². The van der Waals surface area contributed by atoms with E-state index in [1.165, 1.54) is 24.3 Å². The lowest BCUT2D eigenvalue weighted by Gasteiger charge is -2.36. The number of rotatable bonds is 3. The van der Waals surface area contributed by atoms with E-state index in [0.29, 0.717) is 12.5 Å². The van der Waals surface area contributed by atoms with Crippen LogP contribution >= 0.6 is 0 Å². The lowest BCUT2D eigenvalue weighted by molar-refractivity contribution is 0.380. The maximum Gasteiger partial charge on any atom is 0.191 e. The second-order valence-electron chi connectivity index (χ2n) is 5.75. The fourth-order valence-electron chi connectivity index (χ4n) is 2.71. The highest BCUT2D eigenvalue weighted by atomic mass is 19.1. The van der Waals surface area contributed by atoms with Gasteiger partial charge in [-0.2, -0.15) is 0 Å². The van der Waals surface area contributed by atoms with Crippen molar-refractivity contribution in [1.82, 2.24) is 4.90 Å². The lowest BCUT2D eigenvalue weighted by Crippen LogP contribution is -2.51. The van der Waals surface area contributed by atoms with Gasteiger partial charge in [0.15, 0.2) is 5.96 Å². The Bertz CT molecular complexity index is 690. The van der Waals surface area contributed by atoms with Crippen molar-refractivity contribution >= 4 is 11.6 Å². The van der Waals surface area contributed by atoms with E-state index in [1.54, 1.807) is 24.3 Å². The summed E-state index contributed by atoms with van der Waals surface area (Å²) in [6.45, 7) is 3.56. The molecule has 0 unspecified atom stereocenters. The molecule has 0 amide bonds. The van der Waals surface area contributed by atoms with E-state index in [-0.39, 0.29) is 11.6 Å². The van der Waals surface area contributed by atoms with E-state index in [4.69, 9.17) is 5.73 Å². The van der Waals surface area contributed by atoms with E-state index >= 15 is 0 Å². The van der Waals surface area contributed by atoms with Crippen molar-refractivity contribution < 1.29 is 8.78 Å². The molecule has 2 aromatic rings. The lowest BCUT2D eigenvalue weighted by atomic mass is 10.2. The van der Waals surface area contributed by atoms with Crippen LogP contribution in [0.15, 0.2) is 53.5 Å². The second-order valence-corrected chi connectivity index (χ2v) is 5.75. The Morgan fingerprint density at radius 3 is 2.00 bits per heavy atom. The van der Waals surface area contributed by atoms with Crippen LogP contribution in [0.4, 0.5) is 14.5 Å². The Balaban J connectivity index is 1.54. The molecule has 126 valence electrons. The molecule has 0 aromatic heterocycles. The van der Waals surface area contributed by atoms with Gasteiger partial charge in [0.1, 0.15) is 11.6 Å². The molecule has 0 saturated carbocycles. The molecule has 1 aliphatic rings. The van der Waals surface area contributed by atoms with Gasteiger partial charge in [0, 0.05) is 31.9 Å². The predicted molar refractivity (Wildman–Crippen MR) is 91.9 cm³/mol. The normalized spacial score (nSPS) is 15.7. The summed E-state index contributed by atoms with van der Waals surface area (Å²) in [4.78, 5) is 8.62. The van der Waals surface area contributed by atoms with E-state index in [9.17, 15) is 8.78 Å². The first-order chi connectivity index (χ1) is 11.6. The van der Waals surface area contributed by atoms with Crippen molar-refractivity contribution in [3.05, 3.63) is 65.7 Å². The number of nitrogens with zero attached hydrogens (tertiary/aromatic N) is 3. The van der Waals surface area contributed by atoms with Crippen molar-refractivity contribution in [2.45, 2.75) is 6.54 Å². The Morgan fingerprint density at radius 1 is 0.875 bits per heavy atom. The van der Waals surface area contributed by atoms with Crippen LogP contribution in [-0.4, -0.2) is 37.0 Å². The van der Waals surface area contributed by atoms with E-state index in [2.05, 4.69) is 9.89 Å². The van der Waals surface area contributed by atoms with Crippen molar-refractivity contribution in [1.29, 1.82) is 0 Å². The van der Waals surface area contributed by atoms with Gasteiger partial charge in [-0.05, 0) is 42.0 Å². The van der Waals surface area contributed by atoms with Gasteiger partial charge in [-0.3, -0.25) is 0 Å². The molecular weight excluding hydrogens is 310 g/mol. The summed E-state index contributed by atoms with van der Waals surface area (Å²) in [7, 11) is 0. The Hall–Kier alpha value is -2.63. The van der Waals surface area contributed by atoms with Crippen molar-refractivity contribution in [2.75, 3.05) is 31.1 Å². The SMILES string of the molecule is NC(=NCc1ccc(F)cc1)N1CCN(c2ccc(F)cc2)CC1. The maximum atomic E-state index is 13.0. The standard InChI is InChI=1S/C18H20F2N4/c19-15-3-1-14(2-4-15)13-22-18(21)24-11-9-23(10-12-24)17-7-5-16(20)6-8-17/h1-8H,9-13H2,(H2,21,22). The second kappa shape index (κ2) is 7.29. The van der Waals surface area contributed by atoms with Gasteiger partial charge >= 0.3 is 0 Å². The van der Waals surface area contributed by atoms with Crippen LogP contribution in [0.3, 0.4) is 0 Å². The number of anilines is 1. The topological polar surface area (TPSA) is 44.9 Å². The molecule has 24 heavy (non-hydrogen) atoms. The van der Waals surface area contributed by atoms with Gasteiger partial charge in [-0.1, -0.05) is 12.1 Å². The number of nitrogens with two attached hydrogens (primary N) is 1. The van der Waals surface area contributed by atoms with Crippen LogP contribution in [0.1, 0.15) is 5.56 Å². The van der Waals surface area contributed by atoms with Crippen LogP contribution in [0.5, 0.6) is 0 Å². The molecule has 4 nitrogen and oxygen atoms in total. The molecule has 6 heteroatoms. The van der Waals surface area contributed by atoms with E-state index in [1.807, 2.05) is 4.90 Å². The third-order valence-corrected chi connectivity index (χ3v) is 4.13. The van der Waals surface area contributed by atoms with Gasteiger partial charge in [-0.25, -0.2) is 13.8 Å². The smallest absolute Gasteiger partial charge is 0.191 e. The molecular formula is C18H20F2N4. The van der Waals surface area contributed by atoms with Crippen molar-refractivity contribution in [2.24, 2.45) is 10.7 Å². The number of hydrogen-bond acceptors (Lipinski definition) is 2. The minimum Gasteiger partial charge on any atom is -0.370 e. The summed E-state index contributed by atoms with van der Waals surface area (Å²) >= 11 is 0. The summed E-state index contributed by atoms with van der Waals surface area (Å²) in [5, 5.41) is 0. The number of hydrogen-bond donors (Lipinski definition) is 1. The molecule has 0 radical (unpaired) electrons. The first-order valence-corrected chi connectivity index (χ1v) is 7.91. The molecule has 0 aliphatic carbocycles. The van der Waals surface area contributed by atoms with Crippen LogP contribution in [-0.2, 0) is 6.54 Å². The van der Waals surface area contributed by atoms with Gasteiger partial charge < -0.3 is 15.5 Å². The molecule has 1 fully saturated rings. The number of halogens is 2. The zero-order valence-electron chi connectivity index (χ0n) is 13.3. The van der Waals surface area contributed by atoms with E-state index in [0.717, 1.165) is 37.4 Å². The minimum absolute atomic E-state index is 0.227. The summed E-state index contributed by atoms with van der Waals surface area (Å²) in [6, 6.07) is 12.8. The van der Waals surface area contributed by atoms with Crippen LogP contribution < -0.4 is 10.6 Å². The molecule has 2 aromatic carbocycles. The minimum atomic E-state index is -0.257. The average molecular weight is 330 g/mol. The highest BCUT2D eigenvalue weighted by molar-refractivity contribution is 5.78. The fraction of sp³-hybridized carbons (Fsp3) is 0.278. The molecule has 0 bridgehead atoms. The van der Waals surface area contributed by atoms with E-state index < -0.39 is 0 Å². The highest BCUT2D eigenvalue weighted by Gasteiger charge is 2.18. The summed E-state index contributed by atoms with van der Waals surface area (Å²) in [6.07, 6.45) is 0. The first kappa shape index (κ1) is 16.2. The zero-order valence-corrected chi connectivity index (χ0v) is 13.3. The third kappa shape index (κ3) is 4.01. The van der Waals surface area contributed by atoms with Crippen LogP contribution in [0.2, 0.25) is 0 Å². The Labute approximate surface area is 140 Å². The van der Waals surface area contributed by atoms with Gasteiger partial charge in [0.05, 0.1) is 6.54 Å². The van der Waals surface area contributed by atoms with Gasteiger partial charge in [0.25, 0.3) is 0 Å². The molecule has 0 atom stereocenters. The Morgan fingerprint density at radius 2 is 1.42 bits per heavy atom. The largest absolute Gasteiger partial charge is 0.370 e. The first-order valence-electron chi connectivity index (χ1n) is 7.91. The summed E-state index contributed by atoms with van der Waals surface area (Å²) in [5.41, 5.74) is 8.00. The predicted octanol–water partition coefficient (Wildman–Crippen LogP) is 2.60. The molecule has 2 N–H and O–H groups in total. The third-order valence-electron chi connectivity index (χ3n) is 4.13. The summed E-state index contributed by atoms with van der Waals surface area (Å²) in [5.74, 6) is 0.0141. The Kier molecular flexibility index (Phi) is 4.93. The summed E-state index contributed by atoms with van der Waals surface area (Å²) < 4.78 is 25.9. The average Bonchev–Trinajstić information content (AvgIpc) is 2.62. The van der Waals surface area contributed by atoms with Gasteiger partial charge in [0.2, 0.25) is 0 Å². The molecule has 1 heterocycles. The monoisotopic (exact) mass is 330 g/mol. The number of guanidine groups is 1. The molecule has 1 saturated heterocycles. The number of piperazine rings is 1. The highest BCUT2D eigenvalue weighted by Crippen LogP contribution is 2.16. The quantitative estimate of drug-likeness (QED) is 0.695. The number of aliphatic imine (C=N–C) groups is 1. The molecule has 3 rings (SSSR count). The van der Waals surface area contributed by atoms with Gasteiger partial charge in [-0.15, -0.1) is 0 Å². The zero-order chi connectivity index (χ0) is 16.9. The van der Waals surface area contributed by atoms with Crippen molar-refractivity contribution in [3.63, 3.8) is 0 Å². The number of benzene rings is 2. The fourth-order valence-corrected chi connectivity index (χ4v) is 2.71. The van der Waals surface area contributed by atoms with Crippen LogP contribution in [0.25, 0.3) is 0 Å². The molecule has 1 aliphatic heterocycles. The van der Waals surface area contributed by atoms with Crippen LogP contribution in [0, 0.1) is 11.6 Å². The molecule has 0 spiro atoms.